The average molecular weight is 621 g/mol. The zero-order chi connectivity index (χ0) is 30.7. The standard InChI is InChI=1S/C16H25N3O5.C2F6NO4S2/c1-4-17-5-6-18(13-17)7-8-19(16(21)22)9-10-23-11-12-24-15(20)14(2)3;3-1(4,5)14(10,11)9-15(12,13)2(6,7)8/h5-6,13H,2,4,7-12H2,1,3H3;/q;-1/p+1. The van der Waals surface area contributed by atoms with Gasteiger partial charge in [-0.15, -0.1) is 0 Å². The number of sulfonamides is 2. The number of carbonyl (C=O) groups is 2. The first-order valence-electron chi connectivity index (χ1n) is 10.4. The number of amides is 1. The molecule has 0 fully saturated rings. The molecule has 0 spiro atoms. The summed E-state index contributed by atoms with van der Waals surface area (Å²) in [5.41, 5.74) is -12.1. The third kappa shape index (κ3) is 13.1. The Morgan fingerprint density at radius 3 is 1.97 bits per heavy atom. The molecule has 0 radical (unpaired) electrons. The molecule has 1 heterocycles. The maximum absolute atomic E-state index is 11.4. The number of hydrogen-bond donors (Lipinski definition) is 1. The molecule has 0 bridgehead atoms. The second-order valence-electron chi connectivity index (χ2n) is 7.20. The van der Waals surface area contributed by atoms with E-state index in [1.165, 1.54) is 4.90 Å². The van der Waals surface area contributed by atoms with E-state index in [4.69, 9.17) is 9.47 Å². The third-order valence-electron chi connectivity index (χ3n) is 4.11. The van der Waals surface area contributed by atoms with E-state index in [9.17, 15) is 57.9 Å². The molecule has 0 aliphatic heterocycles. The molecule has 39 heavy (non-hydrogen) atoms. The van der Waals surface area contributed by atoms with Gasteiger partial charge < -0.3 is 23.6 Å². The van der Waals surface area contributed by atoms with Crippen LogP contribution in [0, 0.1) is 0 Å². The summed E-state index contributed by atoms with van der Waals surface area (Å²) in [6.07, 6.45) is 4.81. The van der Waals surface area contributed by atoms with E-state index >= 15 is 0 Å². The molecule has 1 N–H and O–H groups in total. The van der Waals surface area contributed by atoms with Crippen LogP contribution in [0.4, 0.5) is 31.1 Å². The van der Waals surface area contributed by atoms with Gasteiger partial charge in [-0.05, 0) is 13.8 Å². The Kier molecular flexibility index (Phi) is 13.9. The molecule has 1 rings (SSSR count). The monoisotopic (exact) mass is 620 g/mol. The summed E-state index contributed by atoms with van der Waals surface area (Å²) >= 11 is 0. The lowest BCUT2D eigenvalue weighted by Gasteiger charge is -2.22. The molecule has 21 heteroatoms. The molecule has 0 saturated heterocycles. The molecule has 13 nitrogen and oxygen atoms in total. The van der Waals surface area contributed by atoms with Crippen molar-refractivity contribution in [3.63, 3.8) is 0 Å². The Morgan fingerprint density at radius 2 is 1.56 bits per heavy atom. The summed E-state index contributed by atoms with van der Waals surface area (Å²) in [7, 11) is -13.4. The maximum atomic E-state index is 11.4. The van der Waals surface area contributed by atoms with Gasteiger partial charge in [0.15, 0.2) is 20.0 Å². The van der Waals surface area contributed by atoms with Crippen LogP contribution in [0.1, 0.15) is 13.8 Å². The van der Waals surface area contributed by atoms with Gasteiger partial charge in [0, 0.05) is 12.1 Å². The van der Waals surface area contributed by atoms with Gasteiger partial charge in [-0.1, -0.05) is 6.58 Å². The van der Waals surface area contributed by atoms with E-state index in [2.05, 4.69) is 6.58 Å². The summed E-state index contributed by atoms with van der Waals surface area (Å²) in [6.45, 7) is 9.77. The van der Waals surface area contributed by atoms with Crippen LogP contribution in [-0.2, 0) is 47.4 Å². The fourth-order valence-corrected chi connectivity index (χ4v) is 3.81. The van der Waals surface area contributed by atoms with Gasteiger partial charge in [-0.25, -0.2) is 35.6 Å². The van der Waals surface area contributed by atoms with Gasteiger partial charge in [0.2, 0.25) is 6.33 Å². The first-order valence-corrected chi connectivity index (χ1v) is 13.3. The third-order valence-corrected chi connectivity index (χ3v) is 6.85. The molecule has 1 aromatic rings. The lowest BCUT2D eigenvalue weighted by atomic mass is 10.4. The molecule has 0 unspecified atom stereocenters. The van der Waals surface area contributed by atoms with Crippen LogP contribution in [0.15, 0.2) is 30.9 Å². The van der Waals surface area contributed by atoms with Crippen LogP contribution in [0.2, 0.25) is 0 Å². The van der Waals surface area contributed by atoms with Crippen molar-refractivity contribution in [3.8, 4) is 0 Å². The quantitative estimate of drug-likeness (QED) is 0.114. The van der Waals surface area contributed by atoms with Gasteiger partial charge >= 0.3 is 23.1 Å². The second-order valence-corrected chi connectivity index (χ2v) is 10.6. The fraction of sp³-hybridized carbons (Fsp3) is 0.611. The highest BCUT2D eigenvalue weighted by Gasteiger charge is 2.46. The first-order chi connectivity index (χ1) is 17.6. The molecule has 1 amide bonds. The van der Waals surface area contributed by atoms with Crippen LogP contribution in [0.25, 0.3) is 4.13 Å². The van der Waals surface area contributed by atoms with E-state index < -0.39 is 43.1 Å². The molecule has 226 valence electrons. The highest BCUT2D eigenvalue weighted by molar-refractivity contribution is 8.13. The number of carbonyl (C=O) groups excluding carboxylic acids is 1. The summed E-state index contributed by atoms with van der Waals surface area (Å²) in [5.74, 6) is -0.457. The normalized spacial score (nSPS) is 12.3. The van der Waals surface area contributed by atoms with Crippen LogP contribution in [0.3, 0.4) is 0 Å². The number of aryl methyl sites for hydroxylation is 1. The highest BCUT2D eigenvalue weighted by atomic mass is 32.3. The van der Waals surface area contributed by atoms with Gasteiger partial charge in [-0.2, -0.15) is 26.3 Å². The van der Waals surface area contributed by atoms with E-state index in [1.54, 1.807) is 6.92 Å². The number of nitrogens with zero attached hydrogens (tertiary/aromatic N) is 4. The van der Waals surface area contributed by atoms with Crippen molar-refractivity contribution in [1.82, 2.24) is 9.47 Å². The minimum absolute atomic E-state index is 0.124. The summed E-state index contributed by atoms with van der Waals surface area (Å²) < 4.78 is 123. The van der Waals surface area contributed by atoms with Crippen LogP contribution in [-0.4, -0.2) is 87.4 Å². The van der Waals surface area contributed by atoms with Gasteiger partial charge in [0.25, 0.3) is 0 Å². The van der Waals surface area contributed by atoms with Crippen LogP contribution in [0.5, 0.6) is 0 Å². The molecule has 0 aliphatic rings. The molecule has 0 aliphatic carbocycles. The van der Waals surface area contributed by atoms with Gasteiger partial charge in [0.05, 0.1) is 26.3 Å². The van der Waals surface area contributed by atoms with E-state index in [1.807, 2.05) is 34.8 Å². The molecule has 1 aromatic heterocycles. The summed E-state index contributed by atoms with van der Waals surface area (Å²) in [5, 5.41) is 9.22. The SMILES string of the molecule is C=C(C)C(=O)OCCOCCN(CC[n+]1ccn(CC)c1)C(=O)O.O=S(=O)([N-]S(=O)(=O)C(F)(F)F)C(F)(F)F. The van der Waals surface area contributed by atoms with E-state index in [-0.39, 0.29) is 26.4 Å². The van der Waals surface area contributed by atoms with Crippen molar-refractivity contribution in [1.29, 1.82) is 0 Å². The number of hydrogen-bond acceptors (Lipinski definition) is 8. The van der Waals surface area contributed by atoms with Crippen molar-refractivity contribution in [2.75, 3.05) is 32.9 Å². The lowest BCUT2D eigenvalue weighted by Crippen LogP contribution is -2.42. The van der Waals surface area contributed by atoms with Gasteiger partial charge in [-0.3, -0.25) is 0 Å². The minimum atomic E-state index is -6.72. The van der Waals surface area contributed by atoms with Crippen molar-refractivity contribution < 1.29 is 71.9 Å². The molecular weight excluding hydrogens is 594 g/mol. The van der Waals surface area contributed by atoms with E-state index in [0.717, 1.165) is 10.7 Å². The Bertz CT molecular complexity index is 1140. The topological polar surface area (TPSA) is 167 Å². The number of esters is 1. The van der Waals surface area contributed by atoms with Crippen molar-refractivity contribution >= 4 is 32.1 Å². The minimum Gasteiger partial charge on any atom is -0.465 e. The second kappa shape index (κ2) is 15.0. The number of imidazole rings is 1. The number of carboxylic acid groups (broad SMARTS) is 1. The number of ether oxygens (including phenoxy) is 2. The smallest absolute Gasteiger partial charge is 0.465 e. The Hall–Kier alpha value is -2.91. The number of alkyl halides is 6. The highest BCUT2D eigenvalue weighted by Crippen LogP contribution is 2.36. The summed E-state index contributed by atoms with van der Waals surface area (Å²) in [4.78, 5) is 23.7. The number of aromatic nitrogens is 2. The van der Waals surface area contributed by atoms with E-state index in [0.29, 0.717) is 18.7 Å². The maximum Gasteiger partial charge on any atom is 0.480 e. The van der Waals surface area contributed by atoms with Crippen LogP contribution < -0.4 is 4.57 Å². The molecule has 0 saturated carbocycles. The molecule has 0 aromatic carbocycles. The fourth-order valence-electron chi connectivity index (χ4n) is 2.10. The Labute approximate surface area is 219 Å². The number of halogens is 6. The predicted molar refractivity (Wildman–Crippen MR) is 120 cm³/mol. The largest absolute Gasteiger partial charge is 0.480 e. The van der Waals surface area contributed by atoms with Crippen molar-refractivity contribution in [2.24, 2.45) is 0 Å². The molecular formula is C18H26F6N4O9S2. The van der Waals surface area contributed by atoms with Gasteiger partial charge in [0.1, 0.15) is 25.5 Å². The zero-order valence-electron chi connectivity index (χ0n) is 20.5. The zero-order valence-corrected chi connectivity index (χ0v) is 22.1. The van der Waals surface area contributed by atoms with Crippen molar-refractivity contribution in [3.05, 3.63) is 35.0 Å². The van der Waals surface area contributed by atoms with Crippen molar-refractivity contribution in [2.45, 2.75) is 38.0 Å². The first kappa shape index (κ1) is 36.1. The number of rotatable bonds is 13. The predicted octanol–water partition coefficient (Wildman–Crippen LogP) is 1.97. The Balaban J connectivity index is 0.000000830. The average Bonchev–Trinajstić information content (AvgIpc) is 3.23. The molecule has 0 atom stereocenters. The van der Waals surface area contributed by atoms with Crippen LogP contribution >= 0.6 is 0 Å². The lowest BCUT2D eigenvalue weighted by molar-refractivity contribution is -0.695. The summed E-state index contributed by atoms with van der Waals surface area (Å²) in [6, 6.07) is 0. The Morgan fingerprint density at radius 1 is 1.03 bits per heavy atom.